The van der Waals surface area contributed by atoms with Crippen molar-refractivity contribution >= 4 is 38.8 Å². The first-order valence-corrected chi connectivity index (χ1v) is 8.28. The first kappa shape index (κ1) is 17.2. The van der Waals surface area contributed by atoms with Gasteiger partial charge < -0.3 is 10.5 Å². The van der Waals surface area contributed by atoms with Gasteiger partial charge in [-0.3, -0.25) is 0 Å². The number of hydrogen-bond donors (Lipinski definition) is 1. The van der Waals surface area contributed by atoms with Crippen LogP contribution in [0.25, 0.3) is 0 Å². The van der Waals surface area contributed by atoms with Crippen molar-refractivity contribution in [2.45, 2.75) is 12.7 Å². The Kier molecular flexibility index (Phi) is 6.19. The molecule has 1 aromatic carbocycles. The summed E-state index contributed by atoms with van der Waals surface area (Å²) in [6, 6.07) is 5.02. The molecule has 0 aliphatic rings. The molecular formula is C12H17ClN2O3S2. The number of benzene rings is 1. The minimum absolute atomic E-state index is 0.0236. The van der Waals surface area contributed by atoms with Crippen LogP contribution in [-0.4, -0.2) is 37.9 Å². The number of nitrogens with two attached hydrogens (primary N) is 1. The molecule has 112 valence electrons. The van der Waals surface area contributed by atoms with Crippen LogP contribution in [0.4, 0.5) is 0 Å². The van der Waals surface area contributed by atoms with Crippen LogP contribution in [0.15, 0.2) is 18.2 Å². The Hall–Kier alpha value is -0.890. The minimum atomic E-state index is -3.54. The molecule has 0 unspecified atom stereocenters. The summed E-state index contributed by atoms with van der Waals surface area (Å²) in [5.74, 6) is 0.219. The zero-order valence-corrected chi connectivity index (χ0v) is 13.7. The van der Waals surface area contributed by atoms with Crippen molar-refractivity contribution < 1.29 is 13.2 Å². The predicted molar refractivity (Wildman–Crippen MR) is 84.7 cm³/mol. The summed E-state index contributed by atoms with van der Waals surface area (Å²) in [6.07, 6.45) is 0. The van der Waals surface area contributed by atoms with Gasteiger partial charge in [0.05, 0.1) is 29.4 Å². The Morgan fingerprint density at radius 3 is 2.65 bits per heavy atom. The molecule has 0 aromatic heterocycles. The number of likely N-dealkylation sites (N-methyl/N-ethyl adjacent to an activating group) is 1. The van der Waals surface area contributed by atoms with E-state index < -0.39 is 10.0 Å². The van der Waals surface area contributed by atoms with Crippen molar-refractivity contribution in [2.24, 2.45) is 5.73 Å². The van der Waals surface area contributed by atoms with Crippen LogP contribution in [0.2, 0.25) is 5.02 Å². The normalized spacial score (nSPS) is 11.6. The maximum Gasteiger partial charge on any atom is 0.218 e. The molecule has 0 atom stereocenters. The summed E-state index contributed by atoms with van der Waals surface area (Å²) in [5.41, 5.74) is 5.89. The first-order chi connectivity index (χ1) is 9.31. The molecule has 2 N–H and O–H groups in total. The molecule has 0 saturated heterocycles. The minimum Gasteiger partial charge on any atom is -0.495 e. The van der Waals surface area contributed by atoms with Crippen LogP contribution >= 0.6 is 23.8 Å². The number of methoxy groups -OCH3 is 1. The lowest BCUT2D eigenvalue weighted by Crippen LogP contribution is -2.38. The molecule has 0 heterocycles. The van der Waals surface area contributed by atoms with Gasteiger partial charge in [-0.2, -0.15) is 4.31 Å². The molecule has 0 bridgehead atoms. The van der Waals surface area contributed by atoms with Crippen molar-refractivity contribution in [1.29, 1.82) is 0 Å². The maximum absolute atomic E-state index is 12.3. The number of ether oxygens (including phenoxy) is 1. The third kappa shape index (κ3) is 4.31. The summed E-state index contributed by atoms with van der Waals surface area (Å²) in [4.78, 5) is 0.132. The molecular weight excluding hydrogens is 320 g/mol. The van der Waals surface area contributed by atoms with Crippen LogP contribution < -0.4 is 10.5 Å². The molecule has 8 heteroatoms. The quantitative estimate of drug-likeness (QED) is 0.768. The number of thiocarbonyl (C=S) groups is 1. The van der Waals surface area contributed by atoms with Gasteiger partial charge in [0.25, 0.3) is 0 Å². The van der Waals surface area contributed by atoms with Gasteiger partial charge in [0.1, 0.15) is 5.75 Å². The van der Waals surface area contributed by atoms with Gasteiger partial charge in [0.15, 0.2) is 0 Å². The molecule has 0 saturated carbocycles. The first-order valence-electron chi connectivity index (χ1n) is 5.89. The van der Waals surface area contributed by atoms with Crippen molar-refractivity contribution in [3.63, 3.8) is 0 Å². The molecule has 0 radical (unpaired) electrons. The molecule has 0 amide bonds. The van der Waals surface area contributed by atoms with Gasteiger partial charge in [-0.15, -0.1) is 0 Å². The third-order valence-electron chi connectivity index (χ3n) is 2.68. The lowest BCUT2D eigenvalue weighted by atomic mass is 10.2. The third-order valence-corrected chi connectivity index (χ3v) is 5.09. The Bertz CT molecular complexity index is 590. The molecule has 0 aliphatic heterocycles. The molecule has 0 spiro atoms. The van der Waals surface area contributed by atoms with E-state index in [0.717, 1.165) is 0 Å². The van der Waals surface area contributed by atoms with E-state index >= 15 is 0 Å². The Labute approximate surface area is 129 Å². The van der Waals surface area contributed by atoms with Crippen molar-refractivity contribution in [2.75, 3.05) is 20.2 Å². The fraction of sp³-hybridized carbons (Fsp3) is 0.417. The monoisotopic (exact) mass is 336 g/mol. The van der Waals surface area contributed by atoms with E-state index in [9.17, 15) is 8.42 Å². The summed E-state index contributed by atoms with van der Waals surface area (Å²) in [5, 5.41) is 0.296. The lowest BCUT2D eigenvalue weighted by Gasteiger charge is -2.20. The molecule has 5 nitrogen and oxygen atoms in total. The maximum atomic E-state index is 12.3. The highest BCUT2D eigenvalue weighted by molar-refractivity contribution is 7.88. The van der Waals surface area contributed by atoms with Crippen LogP contribution in [-0.2, 0) is 15.8 Å². The Balaban J connectivity index is 3.04. The van der Waals surface area contributed by atoms with E-state index in [1.165, 1.54) is 11.4 Å². The van der Waals surface area contributed by atoms with Gasteiger partial charge in [-0.25, -0.2) is 8.42 Å². The van der Waals surface area contributed by atoms with Crippen molar-refractivity contribution in [1.82, 2.24) is 4.31 Å². The van der Waals surface area contributed by atoms with Gasteiger partial charge in [0, 0.05) is 6.54 Å². The van der Waals surface area contributed by atoms with E-state index in [0.29, 0.717) is 22.9 Å². The van der Waals surface area contributed by atoms with Crippen molar-refractivity contribution in [3.8, 4) is 5.75 Å². The van der Waals surface area contributed by atoms with E-state index in [4.69, 9.17) is 34.3 Å². The molecule has 20 heavy (non-hydrogen) atoms. The van der Waals surface area contributed by atoms with E-state index in [2.05, 4.69) is 0 Å². The number of nitrogens with zero attached hydrogens (tertiary/aromatic N) is 1. The second-order valence-corrected chi connectivity index (χ2v) is 6.95. The fourth-order valence-corrected chi connectivity index (χ4v) is 3.83. The smallest absolute Gasteiger partial charge is 0.218 e. The Morgan fingerprint density at radius 2 is 2.15 bits per heavy atom. The molecule has 0 fully saturated rings. The zero-order valence-electron chi connectivity index (χ0n) is 11.3. The number of sulfonamides is 1. The number of rotatable bonds is 7. The lowest BCUT2D eigenvalue weighted by molar-refractivity contribution is 0.414. The van der Waals surface area contributed by atoms with Crippen LogP contribution in [0.5, 0.6) is 5.75 Å². The highest BCUT2D eigenvalue weighted by Crippen LogP contribution is 2.29. The van der Waals surface area contributed by atoms with Crippen LogP contribution in [0.1, 0.15) is 12.5 Å². The van der Waals surface area contributed by atoms with E-state index in [1.54, 1.807) is 25.1 Å². The fourth-order valence-electron chi connectivity index (χ4n) is 1.69. The van der Waals surface area contributed by atoms with Gasteiger partial charge in [-0.1, -0.05) is 42.9 Å². The highest BCUT2D eigenvalue weighted by Gasteiger charge is 2.23. The Morgan fingerprint density at radius 1 is 1.50 bits per heavy atom. The van der Waals surface area contributed by atoms with E-state index in [-0.39, 0.29) is 17.3 Å². The molecule has 1 aromatic rings. The number of halogens is 1. The van der Waals surface area contributed by atoms with E-state index in [1.807, 2.05) is 0 Å². The SMILES string of the molecule is CCN(CC(N)=S)S(=O)(=O)Cc1cccc(OC)c1Cl. The van der Waals surface area contributed by atoms with Crippen LogP contribution in [0, 0.1) is 0 Å². The average molecular weight is 337 g/mol. The van der Waals surface area contributed by atoms with Gasteiger partial charge in [-0.05, 0) is 11.6 Å². The summed E-state index contributed by atoms with van der Waals surface area (Å²) < 4.78 is 31.0. The molecule has 1 rings (SSSR count). The standard InChI is InChI=1S/C12H17ClN2O3S2/c1-3-15(7-11(14)19)20(16,17)8-9-5-4-6-10(18-2)12(9)13/h4-6H,3,7-8H2,1-2H3,(H2,14,19). The topological polar surface area (TPSA) is 72.6 Å². The predicted octanol–water partition coefficient (Wildman–Crippen LogP) is 1.79. The summed E-state index contributed by atoms with van der Waals surface area (Å²) in [6.45, 7) is 2.04. The molecule has 0 aliphatic carbocycles. The zero-order chi connectivity index (χ0) is 15.3. The summed E-state index contributed by atoms with van der Waals surface area (Å²) >= 11 is 10.9. The largest absolute Gasteiger partial charge is 0.495 e. The van der Waals surface area contributed by atoms with Gasteiger partial charge >= 0.3 is 0 Å². The van der Waals surface area contributed by atoms with Gasteiger partial charge in [0.2, 0.25) is 10.0 Å². The average Bonchev–Trinajstić information content (AvgIpc) is 2.37. The summed E-state index contributed by atoms with van der Waals surface area (Å²) in [7, 11) is -2.07. The highest BCUT2D eigenvalue weighted by atomic mass is 35.5. The second-order valence-electron chi connectivity index (χ2n) is 4.08. The van der Waals surface area contributed by atoms with Crippen LogP contribution in [0.3, 0.4) is 0 Å². The number of hydrogen-bond acceptors (Lipinski definition) is 4. The second kappa shape index (κ2) is 7.21. The van der Waals surface area contributed by atoms with Crippen molar-refractivity contribution in [3.05, 3.63) is 28.8 Å².